The molecule has 1 heterocycles. The molecule has 6 heteroatoms. The molecule has 2 amide bonds. The molecule has 0 unspecified atom stereocenters. The first-order valence-electron chi connectivity index (χ1n) is 8.24. The van der Waals surface area contributed by atoms with Gasteiger partial charge in [0.2, 0.25) is 5.91 Å². The lowest BCUT2D eigenvalue weighted by molar-refractivity contribution is -0.892. The van der Waals surface area contributed by atoms with E-state index in [2.05, 4.69) is 27.7 Å². The van der Waals surface area contributed by atoms with Crippen LogP contribution < -0.4 is 20.4 Å². The van der Waals surface area contributed by atoms with Gasteiger partial charge in [0.1, 0.15) is 0 Å². The molecule has 1 aliphatic rings. The van der Waals surface area contributed by atoms with Gasteiger partial charge >= 0.3 is 0 Å². The summed E-state index contributed by atoms with van der Waals surface area (Å²) < 4.78 is 0. The summed E-state index contributed by atoms with van der Waals surface area (Å²) in [5, 5.41) is 5.45. The number of amides is 2. The molecule has 1 saturated heterocycles. The Morgan fingerprint density at radius 2 is 1.78 bits per heavy atom. The average molecular weight is 319 g/mol. The second kappa shape index (κ2) is 8.53. The summed E-state index contributed by atoms with van der Waals surface area (Å²) in [5.74, 6) is -0.204. The quantitative estimate of drug-likeness (QED) is 0.632. The molecule has 126 valence electrons. The van der Waals surface area contributed by atoms with Crippen molar-refractivity contribution in [1.82, 2.24) is 10.6 Å². The zero-order valence-corrected chi connectivity index (χ0v) is 14.0. The van der Waals surface area contributed by atoms with Crippen molar-refractivity contribution in [3.63, 3.8) is 0 Å². The molecule has 0 spiro atoms. The van der Waals surface area contributed by atoms with Crippen molar-refractivity contribution < 1.29 is 14.5 Å². The predicted octanol–water partition coefficient (Wildman–Crippen LogP) is -0.968. The summed E-state index contributed by atoms with van der Waals surface area (Å²) in [5.41, 5.74) is 1.24. The maximum Gasteiger partial charge on any atom is 0.275 e. The molecule has 1 aliphatic heterocycles. The molecule has 1 aromatic carbocycles. The number of carbonyl (C=O) groups is 2. The van der Waals surface area contributed by atoms with E-state index in [1.807, 2.05) is 32.0 Å². The molecule has 0 aromatic heterocycles. The minimum Gasteiger partial charge on any atom is -0.360 e. The highest BCUT2D eigenvalue weighted by atomic mass is 16.2. The Balaban J connectivity index is 1.68. The lowest BCUT2D eigenvalue weighted by atomic mass is 10.2. The normalized spacial score (nSPS) is 15.5. The van der Waals surface area contributed by atoms with Crippen LogP contribution in [0.3, 0.4) is 0 Å². The van der Waals surface area contributed by atoms with Gasteiger partial charge in [-0.05, 0) is 26.0 Å². The first-order chi connectivity index (χ1) is 11.0. The number of quaternary nitrogens is 1. The molecule has 3 N–H and O–H groups in total. The van der Waals surface area contributed by atoms with Crippen LogP contribution in [0, 0.1) is 0 Å². The number of para-hydroxylation sites is 1. The number of anilines is 1. The van der Waals surface area contributed by atoms with Crippen molar-refractivity contribution in [1.29, 1.82) is 0 Å². The van der Waals surface area contributed by atoms with Gasteiger partial charge in [-0.15, -0.1) is 0 Å². The standard InChI is InChI=1S/C17H26N4O2/c1-14(2)19-16(22)12-18-17(23)13-20-8-10-21(11-9-20)15-6-4-3-5-7-15/h3-7,14H,8-13H2,1-2H3,(H,18,23)(H,19,22)/p+1. The molecule has 0 atom stereocenters. The fraction of sp³-hybridized carbons (Fsp3) is 0.529. The van der Waals surface area contributed by atoms with E-state index in [9.17, 15) is 9.59 Å². The highest BCUT2D eigenvalue weighted by Gasteiger charge is 2.22. The van der Waals surface area contributed by atoms with Gasteiger partial charge < -0.3 is 20.4 Å². The number of rotatable bonds is 6. The van der Waals surface area contributed by atoms with E-state index in [1.54, 1.807) is 0 Å². The summed E-state index contributed by atoms with van der Waals surface area (Å²) in [6.07, 6.45) is 0. The Morgan fingerprint density at radius 1 is 1.13 bits per heavy atom. The van der Waals surface area contributed by atoms with Crippen LogP contribution in [-0.2, 0) is 9.59 Å². The van der Waals surface area contributed by atoms with Crippen LogP contribution in [0.5, 0.6) is 0 Å². The van der Waals surface area contributed by atoms with Gasteiger partial charge in [0.25, 0.3) is 5.91 Å². The Hall–Kier alpha value is -2.08. The number of piperazine rings is 1. The Labute approximate surface area is 137 Å². The van der Waals surface area contributed by atoms with Gasteiger partial charge in [0.15, 0.2) is 6.54 Å². The minimum absolute atomic E-state index is 0.0560. The second-order valence-corrected chi connectivity index (χ2v) is 6.25. The third-order valence-electron chi connectivity index (χ3n) is 3.90. The Kier molecular flexibility index (Phi) is 6.40. The zero-order chi connectivity index (χ0) is 16.7. The third-order valence-corrected chi connectivity index (χ3v) is 3.90. The number of nitrogens with one attached hydrogen (secondary N) is 3. The first-order valence-corrected chi connectivity index (χ1v) is 8.24. The van der Waals surface area contributed by atoms with Crippen LogP contribution in [0.4, 0.5) is 5.69 Å². The fourth-order valence-electron chi connectivity index (χ4n) is 2.74. The Morgan fingerprint density at radius 3 is 2.39 bits per heavy atom. The smallest absolute Gasteiger partial charge is 0.275 e. The molecule has 2 rings (SSSR count). The molecular weight excluding hydrogens is 292 g/mol. The monoisotopic (exact) mass is 319 g/mol. The fourth-order valence-corrected chi connectivity index (χ4v) is 2.74. The van der Waals surface area contributed by atoms with Crippen molar-refractivity contribution in [2.75, 3.05) is 44.2 Å². The number of benzene rings is 1. The predicted molar refractivity (Wildman–Crippen MR) is 90.5 cm³/mol. The lowest BCUT2D eigenvalue weighted by Gasteiger charge is -2.33. The molecule has 1 fully saturated rings. The number of nitrogens with zero attached hydrogens (tertiary/aromatic N) is 1. The highest BCUT2D eigenvalue weighted by Crippen LogP contribution is 2.12. The van der Waals surface area contributed by atoms with E-state index in [1.165, 1.54) is 10.6 Å². The van der Waals surface area contributed by atoms with Crippen molar-refractivity contribution in [2.24, 2.45) is 0 Å². The van der Waals surface area contributed by atoms with Crippen LogP contribution in [0.1, 0.15) is 13.8 Å². The average Bonchev–Trinajstić information content (AvgIpc) is 2.54. The van der Waals surface area contributed by atoms with E-state index in [4.69, 9.17) is 0 Å². The summed E-state index contributed by atoms with van der Waals surface area (Å²) >= 11 is 0. The van der Waals surface area contributed by atoms with Gasteiger partial charge in [-0.2, -0.15) is 0 Å². The lowest BCUT2D eigenvalue weighted by Crippen LogP contribution is -3.16. The van der Waals surface area contributed by atoms with Crippen molar-refractivity contribution in [2.45, 2.75) is 19.9 Å². The van der Waals surface area contributed by atoms with Crippen molar-refractivity contribution in [3.8, 4) is 0 Å². The molecule has 23 heavy (non-hydrogen) atoms. The third kappa shape index (κ3) is 5.90. The van der Waals surface area contributed by atoms with Crippen molar-refractivity contribution >= 4 is 17.5 Å². The molecule has 1 aromatic rings. The van der Waals surface area contributed by atoms with E-state index < -0.39 is 0 Å². The Bertz CT molecular complexity index is 511. The van der Waals surface area contributed by atoms with Crippen LogP contribution >= 0.6 is 0 Å². The SMILES string of the molecule is CC(C)NC(=O)CNC(=O)C[NH+]1CCN(c2ccccc2)CC1. The van der Waals surface area contributed by atoms with Gasteiger partial charge in [0, 0.05) is 11.7 Å². The number of hydrogen-bond acceptors (Lipinski definition) is 3. The van der Waals surface area contributed by atoms with Gasteiger partial charge in [-0.25, -0.2) is 0 Å². The second-order valence-electron chi connectivity index (χ2n) is 6.25. The van der Waals surface area contributed by atoms with E-state index in [-0.39, 0.29) is 24.4 Å². The van der Waals surface area contributed by atoms with E-state index in [0.717, 1.165) is 26.2 Å². The summed E-state index contributed by atoms with van der Waals surface area (Å²) in [6.45, 7) is 8.03. The topological polar surface area (TPSA) is 65.9 Å². The van der Waals surface area contributed by atoms with E-state index in [0.29, 0.717) is 6.54 Å². The highest BCUT2D eigenvalue weighted by molar-refractivity contribution is 5.85. The summed E-state index contributed by atoms with van der Waals surface area (Å²) in [4.78, 5) is 27.0. The van der Waals surface area contributed by atoms with Crippen LogP contribution in [0.15, 0.2) is 30.3 Å². The van der Waals surface area contributed by atoms with Crippen LogP contribution in [0.2, 0.25) is 0 Å². The molecule has 0 aliphatic carbocycles. The van der Waals surface area contributed by atoms with Crippen LogP contribution in [0.25, 0.3) is 0 Å². The van der Waals surface area contributed by atoms with Crippen LogP contribution in [-0.4, -0.2) is 57.1 Å². The summed E-state index contributed by atoms with van der Waals surface area (Å²) in [7, 11) is 0. The van der Waals surface area contributed by atoms with Crippen molar-refractivity contribution in [3.05, 3.63) is 30.3 Å². The first kappa shape index (κ1) is 17.3. The van der Waals surface area contributed by atoms with Gasteiger partial charge in [-0.3, -0.25) is 9.59 Å². The molecule has 0 bridgehead atoms. The summed E-state index contributed by atoms with van der Waals surface area (Å²) in [6, 6.07) is 10.4. The van der Waals surface area contributed by atoms with E-state index >= 15 is 0 Å². The van der Waals surface area contributed by atoms with Gasteiger partial charge in [0.05, 0.1) is 32.7 Å². The molecular formula is C17H27N4O2+. The zero-order valence-electron chi connectivity index (χ0n) is 14.0. The molecule has 0 radical (unpaired) electrons. The van der Waals surface area contributed by atoms with Gasteiger partial charge in [-0.1, -0.05) is 18.2 Å². The number of carbonyl (C=O) groups excluding carboxylic acids is 2. The maximum atomic E-state index is 11.9. The molecule has 6 nitrogen and oxygen atoms in total. The molecule has 0 saturated carbocycles. The minimum atomic E-state index is -0.141. The number of hydrogen-bond donors (Lipinski definition) is 3. The maximum absolute atomic E-state index is 11.9. The largest absolute Gasteiger partial charge is 0.360 e.